The lowest BCUT2D eigenvalue weighted by Gasteiger charge is -2.32. The number of hydrogen-bond acceptors (Lipinski definition) is 6. The van der Waals surface area contributed by atoms with Gasteiger partial charge in [0.25, 0.3) is 5.91 Å². The lowest BCUT2D eigenvalue weighted by molar-refractivity contribution is -0.153. The number of likely N-dealkylation sites (tertiary alicyclic amines) is 1. The summed E-state index contributed by atoms with van der Waals surface area (Å²) in [5.74, 6) is -0.954. The van der Waals surface area contributed by atoms with E-state index in [2.05, 4.69) is 10.3 Å². The van der Waals surface area contributed by atoms with Crippen molar-refractivity contribution in [3.05, 3.63) is 11.1 Å². The molecule has 2 heterocycles. The Labute approximate surface area is 132 Å². The molecular weight excluding hydrogens is 306 g/mol. The minimum absolute atomic E-state index is 0.228. The number of amides is 2. The first-order valence-corrected chi connectivity index (χ1v) is 7.98. The summed E-state index contributed by atoms with van der Waals surface area (Å²) in [5.41, 5.74) is -0.726. The van der Waals surface area contributed by atoms with Crippen molar-refractivity contribution >= 4 is 34.3 Å². The minimum Gasteiger partial charge on any atom is -0.464 e. The highest BCUT2D eigenvalue weighted by atomic mass is 32.1. The molecule has 1 N–H and O–H groups in total. The summed E-state index contributed by atoms with van der Waals surface area (Å²) in [4.78, 5) is 41.4. The Kier molecular flexibility index (Phi) is 4.80. The normalized spacial score (nSPS) is 20.8. The predicted molar refractivity (Wildman–Crippen MR) is 81.7 cm³/mol. The van der Waals surface area contributed by atoms with Gasteiger partial charge in [0, 0.05) is 18.8 Å². The fourth-order valence-electron chi connectivity index (χ4n) is 2.51. The van der Waals surface area contributed by atoms with E-state index in [-0.39, 0.29) is 24.1 Å². The summed E-state index contributed by atoms with van der Waals surface area (Å²) in [6.07, 6.45) is 1.31. The topological polar surface area (TPSA) is 88.6 Å². The molecule has 0 aromatic carbocycles. The van der Waals surface area contributed by atoms with Crippen LogP contribution in [0.1, 0.15) is 44.1 Å². The van der Waals surface area contributed by atoms with Crippen LogP contribution in [-0.4, -0.2) is 46.4 Å². The van der Waals surface area contributed by atoms with Gasteiger partial charge < -0.3 is 15.0 Å². The second-order valence-corrected chi connectivity index (χ2v) is 6.13. The van der Waals surface area contributed by atoms with Crippen LogP contribution < -0.4 is 5.32 Å². The highest BCUT2D eigenvalue weighted by molar-refractivity contribution is 7.14. The van der Waals surface area contributed by atoms with Crippen LogP contribution in [0.15, 0.2) is 5.38 Å². The number of ether oxygens (including phenoxy) is 1. The number of carbonyl (C=O) groups excluding carboxylic acids is 3. The molecule has 1 fully saturated rings. The number of nitrogens with zero attached hydrogens (tertiary/aromatic N) is 2. The van der Waals surface area contributed by atoms with E-state index in [9.17, 15) is 14.4 Å². The number of aromatic nitrogens is 1. The Morgan fingerprint density at radius 3 is 2.86 bits per heavy atom. The number of hydrogen-bond donors (Lipinski definition) is 1. The Balaban J connectivity index is 2.19. The van der Waals surface area contributed by atoms with Crippen LogP contribution in [0.5, 0.6) is 0 Å². The van der Waals surface area contributed by atoms with Crippen LogP contribution in [0.4, 0.5) is 5.13 Å². The molecule has 22 heavy (non-hydrogen) atoms. The zero-order valence-corrected chi connectivity index (χ0v) is 13.7. The molecule has 1 aliphatic heterocycles. The van der Waals surface area contributed by atoms with E-state index in [0.717, 1.165) is 6.42 Å². The number of nitrogens with one attached hydrogen (secondary N) is 1. The van der Waals surface area contributed by atoms with E-state index in [0.29, 0.717) is 18.1 Å². The van der Waals surface area contributed by atoms with Gasteiger partial charge in [0.15, 0.2) is 5.13 Å². The Morgan fingerprint density at radius 1 is 1.50 bits per heavy atom. The van der Waals surface area contributed by atoms with Gasteiger partial charge in [0.05, 0.1) is 6.61 Å². The van der Waals surface area contributed by atoms with Gasteiger partial charge in [-0.3, -0.25) is 9.59 Å². The molecule has 8 heteroatoms. The van der Waals surface area contributed by atoms with E-state index < -0.39 is 11.5 Å². The molecule has 1 atom stereocenters. The third kappa shape index (κ3) is 3.11. The van der Waals surface area contributed by atoms with Crippen molar-refractivity contribution in [3.8, 4) is 0 Å². The second kappa shape index (κ2) is 6.43. The molecule has 1 aromatic rings. The fraction of sp³-hybridized carbons (Fsp3) is 0.571. The van der Waals surface area contributed by atoms with E-state index in [4.69, 9.17) is 4.74 Å². The molecule has 1 aliphatic rings. The highest BCUT2D eigenvalue weighted by Gasteiger charge is 2.47. The summed E-state index contributed by atoms with van der Waals surface area (Å²) in [6, 6.07) is 0. The number of thiazole rings is 1. The molecule has 1 unspecified atom stereocenters. The van der Waals surface area contributed by atoms with Crippen molar-refractivity contribution in [3.63, 3.8) is 0 Å². The summed E-state index contributed by atoms with van der Waals surface area (Å²) < 4.78 is 5.10. The maximum absolute atomic E-state index is 12.6. The fourth-order valence-corrected chi connectivity index (χ4v) is 3.24. The summed E-state index contributed by atoms with van der Waals surface area (Å²) in [7, 11) is 0. The van der Waals surface area contributed by atoms with Crippen LogP contribution in [0.25, 0.3) is 0 Å². The lowest BCUT2D eigenvalue weighted by Crippen LogP contribution is -2.51. The van der Waals surface area contributed by atoms with Gasteiger partial charge in [-0.15, -0.1) is 11.3 Å². The average Bonchev–Trinajstić information content (AvgIpc) is 3.05. The van der Waals surface area contributed by atoms with Gasteiger partial charge in [-0.2, -0.15) is 0 Å². The van der Waals surface area contributed by atoms with Crippen molar-refractivity contribution in [2.75, 3.05) is 18.5 Å². The highest BCUT2D eigenvalue weighted by Crippen LogP contribution is 2.32. The smallest absolute Gasteiger partial charge is 0.331 e. The molecule has 0 saturated carbocycles. The Morgan fingerprint density at radius 2 is 2.23 bits per heavy atom. The second-order valence-electron chi connectivity index (χ2n) is 5.27. The van der Waals surface area contributed by atoms with Crippen molar-refractivity contribution < 1.29 is 19.1 Å². The van der Waals surface area contributed by atoms with Crippen molar-refractivity contribution in [2.24, 2.45) is 0 Å². The summed E-state index contributed by atoms with van der Waals surface area (Å²) in [5, 5.41) is 4.49. The number of anilines is 1. The molecule has 1 aromatic heterocycles. The first-order valence-electron chi connectivity index (χ1n) is 7.10. The number of esters is 1. The maximum atomic E-state index is 12.6. The molecule has 0 radical (unpaired) electrons. The third-order valence-electron chi connectivity index (χ3n) is 3.61. The average molecular weight is 325 g/mol. The number of rotatable bonds is 4. The molecule has 1 saturated heterocycles. The van der Waals surface area contributed by atoms with E-state index in [1.807, 2.05) is 0 Å². The molecule has 120 valence electrons. The molecule has 0 aliphatic carbocycles. The molecule has 0 spiro atoms. The Hall–Kier alpha value is -1.96. The zero-order valence-electron chi connectivity index (χ0n) is 12.8. The van der Waals surface area contributed by atoms with Gasteiger partial charge in [0.2, 0.25) is 5.91 Å². The van der Waals surface area contributed by atoms with Crippen LogP contribution in [0, 0.1) is 0 Å². The standard InChI is InChI=1S/C14H19N3O4S/c1-4-21-12(20)14(3)6-5-7-17(14)11(19)10-8-22-13(16-10)15-9(2)18/h8H,4-7H2,1-3H3,(H,15,16,18). The van der Waals surface area contributed by atoms with Gasteiger partial charge >= 0.3 is 5.97 Å². The van der Waals surface area contributed by atoms with Crippen LogP contribution in [0.3, 0.4) is 0 Å². The maximum Gasteiger partial charge on any atom is 0.331 e. The van der Waals surface area contributed by atoms with Gasteiger partial charge in [-0.05, 0) is 26.7 Å². The molecule has 0 bridgehead atoms. The number of carbonyl (C=O) groups is 3. The largest absolute Gasteiger partial charge is 0.464 e. The SMILES string of the molecule is CCOC(=O)C1(C)CCCN1C(=O)c1csc(NC(C)=O)n1. The van der Waals surface area contributed by atoms with Crippen molar-refractivity contribution in [1.29, 1.82) is 0 Å². The third-order valence-corrected chi connectivity index (χ3v) is 4.37. The van der Waals surface area contributed by atoms with Crippen molar-refractivity contribution in [1.82, 2.24) is 9.88 Å². The summed E-state index contributed by atoms with van der Waals surface area (Å²) in [6.45, 7) is 5.60. The quantitative estimate of drug-likeness (QED) is 0.851. The lowest BCUT2D eigenvalue weighted by atomic mass is 9.99. The molecule has 2 amide bonds. The summed E-state index contributed by atoms with van der Waals surface area (Å²) >= 11 is 1.18. The molecule has 7 nitrogen and oxygen atoms in total. The van der Waals surface area contributed by atoms with Crippen LogP contribution >= 0.6 is 11.3 Å². The predicted octanol–water partition coefficient (Wildman–Crippen LogP) is 1.66. The Bertz CT molecular complexity index is 601. The monoisotopic (exact) mass is 325 g/mol. The van der Waals surface area contributed by atoms with Crippen LogP contribution in [-0.2, 0) is 14.3 Å². The van der Waals surface area contributed by atoms with E-state index in [1.54, 1.807) is 19.2 Å². The first-order chi connectivity index (χ1) is 10.4. The molecule has 2 rings (SSSR count). The van der Waals surface area contributed by atoms with Gasteiger partial charge in [0.1, 0.15) is 11.2 Å². The van der Waals surface area contributed by atoms with Gasteiger partial charge in [-0.1, -0.05) is 0 Å². The first kappa shape index (κ1) is 16.4. The van der Waals surface area contributed by atoms with E-state index >= 15 is 0 Å². The zero-order chi connectivity index (χ0) is 16.3. The van der Waals surface area contributed by atoms with E-state index in [1.165, 1.54) is 23.2 Å². The molecular formula is C14H19N3O4S. The van der Waals surface area contributed by atoms with Crippen LogP contribution in [0.2, 0.25) is 0 Å². The van der Waals surface area contributed by atoms with Gasteiger partial charge in [-0.25, -0.2) is 9.78 Å². The van der Waals surface area contributed by atoms with Crippen molar-refractivity contribution in [2.45, 2.75) is 39.2 Å². The minimum atomic E-state index is -0.953.